The number of nitrogens with one attached hydrogen (secondary N) is 1. The van der Waals surface area contributed by atoms with Gasteiger partial charge in [0.1, 0.15) is 0 Å². The summed E-state index contributed by atoms with van der Waals surface area (Å²) in [7, 11) is 2.00. The van der Waals surface area contributed by atoms with E-state index >= 15 is 0 Å². The van der Waals surface area contributed by atoms with Crippen LogP contribution in [-0.2, 0) is 20.0 Å². The van der Waals surface area contributed by atoms with E-state index in [4.69, 9.17) is 16.1 Å². The van der Waals surface area contributed by atoms with Crippen molar-refractivity contribution in [2.75, 3.05) is 6.54 Å². The fourth-order valence-electron chi connectivity index (χ4n) is 3.23. The molecule has 0 aliphatic rings. The smallest absolute Gasteiger partial charge is 0.273 e. The number of halogens is 1. The summed E-state index contributed by atoms with van der Waals surface area (Å²) in [6.07, 6.45) is 6.30. The van der Waals surface area contributed by atoms with Gasteiger partial charge in [-0.2, -0.15) is 5.10 Å². The molecule has 28 heavy (non-hydrogen) atoms. The van der Waals surface area contributed by atoms with Crippen molar-refractivity contribution in [2.45, 2.75) is 19.9 Å². The number of carbonyl (C=O) groups excluding carboxylic acids is 1. The second kappa shape index (κ2) is 7.52. The summed E-state index contributed by atoms with van der Waals surface area (Å²) in [5.74, 6) is 0.254. The normalized spacial score (nSPS) is 11.2. The topological polar surface area (TPSA) is 77.9 Å². The van der Waals surface area contributed by atoms with Gasteiger partial charge in [0.15, 0.2) is 11.5 Å². The molecule has 144 valence electrons. The second-order valence-corrected chi connectivity index (χ2v) is 7.03. The second-order valence-electron chi connectivity index (χ2n) is 6.59. The van der Waals surface area contributed by atoms with E-state index in [9.17, 15) is 4.79 Å². The average Bonchev–Trinajstić information content (AvgIpc) is 3.40. The van der Waals surface area contributed by atoms with Crippen LogP contribution in [0.15, 0.2) is 47.4 Å². The van der Waals surface area contributed by atoms with Crippen molar-refractivity contribution in [3.05, 3.63) is 59.1 Å². The Morgan fingerprint density at radius 1 is 1.29 bits per heavy atom. The van der Waals surface area contributed by atoms with E-state index in [1.165, 1.54) is 0 Å². The SMILES string of the molecule is CCn1cc(-c2cc(C(=O)NCCc3cn(C)c4ccc(Cl)cc34)no2)cn1. The minimum Gasteiger partial charge on any atom is -0.355 e. The van der Waals surface area contributed by atoms with Gasteiger partial charge < -0.3 is 14.4 Å². The highest BCUT2D eigenvalue weighted by molar-refractivity contribution is 6.31. The number of nitrogens with zero attached hydrogens (tertiary/aromatic N) is 4. The molecule has 0 aliphatic carbocycles. The molecule has 1 aromatic carbocycles. The molecule has 0 saturated carbocycles. The summed E-state index contributed by atoms with van der Waals surface area (Å²) in [5, 5.41) is 12.8. The molecule has 4 aromatic rings. The summed E-state index contributed by atoms with van der Waals surface area (Å²) < 4.78 is 9.13. The number of hydrogen-bond donors (Lipinski definition) is 1. The fraction of sp³-hybridized carbons (Fsp3) is 0.250. The van der Waals surface area contributed by atoms with E-state index < -0.39 is 0 Å². The molecule has 0 saturated heterocycles. The molecule has 4 rings (SSSR count). The number of rotatable bonds is 6. The van der Waals surface area contributed by atoms with E-state index in [0.29, 0.717) is 23.7 Å². The Bertz CT molecular complexity index is 1140. The van der Waals surface area contributed by atoms with Gasteiger partial charge >= 0.3 is 0 Å². The van der Waals surface area contributed by atoms with Gasteiger partial charge in [-0.1, -0.05) is 16.8 Å². The summed E-state index contributed by atoms with van der Waals surface area (Å²) in [4.78, 5) is 12.4. The van der Waals surface area contributed by atoms with Gasteiger partial charge in [-0.3, -0.25) is 9.48 Å². The van der Waals surface area contributed by atoms with Crippen molar-refractivity contribution in [1.82, 2.24) is 24.8 Å². The molecule has 1 N–H and O–H groups in total. The zero-order valence-electron chi connectivity index (χ0n) is 15.6. The van der Waals surface area contributed by atoms with Crippen molar-refractivity contribution in [1.29, 1.82) is 0 Å². The standard InChI is InChI=1S/C20H20ClN5O2/c1-3-26-12-14(10-23-26)19-9-17(24-28-19)20(27)22-7-6-13-11-25(2)18-5-4-15(21)8-16(13)18/h4-5,8-12H,3,6-7H2,1-2H3,(H,22,27). The fourth-order valence-corrected chi connectivity index (χ4v) is 3.40. The van der Waals surface area contributed by atoms with Crippen LogP contribution in [0.5, 0.6) is 0 Å². The average molecular weight is 398 g/mol. The van der Waals surface area contributed by atoms with E-state index in [2.05, 4.69) is 26.3 Å². The molecule has 3 aromatic heterocycles. The largest absolute Gasteiger partial charge is 0.355 e. The molecule has 0 bridgehead atoms. The third-order valence-corrected chi connectivity index (χ3v) is 4.93. The van der Waals surface area contributed by atoms with Gasteiger partial charge in [0.25, 0.3) is 5.91 Å². The highest BCUT2D eigenvalue weighted by Gasteiger charge is 2.15. The maximum absolute atomic E-state index is 12.4. The van der Waals surface area contributed by atoms with Gasteiger partial charge in [-0.15, -0.1) is 0 Å². The maximum Gasteiger partial charge on any atom is 0.273 e. The molecule has 1 amide bonds. The van der Waals surface area contributed by atoms with Crippen molar-refractivity contribution in [2.24, 2.45) is 7.05 Å². The molecule has 0 atom stereocenters. The predicted molar refractivity (Wildman–Crippen MR) is 107 cm³/mol. The first-order chi connectivity index (χ1) is 13.5. The Hall–Kier alpha value is -3.06. The van der Waals surface area contributed by atoms with Crippen LogP contribution in [-0.4, -0.2) is 32.0 Å². The molecule has 0 fully saturated rings. The number of benzene rings is 1. The number of aromatic nitrogens is 4. The number of aryl methyl sites for hydroxylation is 2. The number of carbonyl (C=O) groups is 1. The van der Waals surface area contributed by atoms with Crippen LogP contribution in [0.25, 0.3) is 22.2 Å². The van der Waals surface area contributed by atoms with Crippen molar-refractivity contribution in [3.63, 3.8) is 0 Å². The molecular formula is C20H20ClN5O2. The van der Waals surface area contributed by atoms with Crippen molar-refractivity contribution < 1.29 is 9.32 Å². The molecule has 0 unspecified atom stereocenters. The van der Waals surface area contributed by atoms with Crippen LogP contribution >= 0.6 is 11.6 Å². The first-order valence-corrected chi connectivity index (χ1v) is 9.44. The Morgan fingerprint density at radius 2 is 2.14 bits per heavy atom. The van der Waals surface area contributed by atoms with E-state index in [-0.39, 0.29) is 11.6 Å². The zero-order chi connectivity index (χ0) is 19.7. The maximum atomic E-state index is 12.4. The molecular weight excluding hydrogens is 378 g/mol. The molecule has 0 radical (unpaired) electrons. The number of hydrogen-bond acceptors (Lipinski definition) is 4. The highest BCUT2D eigenvalue weighted by atomic mass is 35.5. The van der Waals surface area contributed by atoms with Gasteiger partial charge in [-0.25, -0.2) is 0 Å². The first-order valence-electron chi connectivity index (χ1n) is 9.06. The lowest BCUT2D eigenvalue weighted by atomic mass is 10.1. The lowest BCUT2D eigenvalue weighted by Gasteiger charge is -2.02. The van der Waals surface area contributed by atoms with Gasteiger partial charge in [0, 0.05) is 54.5 Å². The van der Waals surface area contributed by atoms with E-state index in [1.807, 2.05) is 38.4 Å². The Labute approximate surface area is 166 Å². The van der Waals surface area contributed by atoms with Crippen LogP contribution in [0.4, 0.5) is 0 Å². The van der Waals surface area contributed by atoms with Crippen LogP contribution in [0, 0.1) is 0 Å². The van der Waals surface area contributed by atoms with Crippen LogP contribution in [0.1, 0.15) is 23.0 Å². The van der Waals surface area contributed by atoms with Gasteiger partial charge in [-0.05, 0) is 37.1 Å². The monoisotopic (exact) mass is 397 g/mol. The summed E-state index contributed by atoms with van der Waals surface area (Å²) in [5.41, 5.74) is 3.29. The van der Waals surface area contributed by atoms with E-state index in [0.717, 1.165) is 28.6 Å². The number of amides is 1. The quantitative estimate of drug-likeness (QED) is 0.538. The zero-order valence-corrected chi connectivity index (χ0v) is 16.4. The molecule has 7 nitrogen and oxygen atoms in total. The predicted octanol–water partition coefficient (Wildman–Crippen LogP) is 3.68. The van der Waals surface area contributed by atoms with Crippen LogP contribution in [0.2, 0.25) is 5.02 Å². The minimum absolute atomic E-state index is 0.250. The van der Waals surface area contributed by atoms with E-state index in [1.54, 1.807) is 16.9 Å². The van der Waals surface area contributed by atoms with Gasteiger partial charge in [0.05, 0.1) is 11.8 Å². The third-order valence-electron chi connectivity index (χ3n) is 4.70. The minimum atomic E-state index is -0.267. The van der Waals surface area contributed by atoms with Crippen LogP contribution < -0.4 is 5.32 Å². The lowest BCUT2D eigenvalue weighted by Crippen LogP contribution is -2.25. The Morgan fingerprint density at radius 3 is 2.93 bits per heavy atom. The molecule has 0 aliphatic heterocycles. The summed E-state index contributed by atoms with van der Waals surface area (Å²) >= 11 is 6.12. The number of fused-ring (bicyclic) bond motifs is 1. The van der Waals surface area contributed by atoms with Crippen molar-refractivity contribution in [3.8, 4) is 11.3 Å². The molecule has 0 spiro atoms. The van der Waals surface area contributed by atoms with Gasteiger partial charge in [0.2, 0.25) is 0 Å². The summed E-state index contributed by atoms with van der Waals surface area (Å²) in [6.45, 7) is 3.25. The molecule has 8 heteroatoms. The summed E-state index contributed by atoms with van der Waals surface area (Å²) in [6, 6.07) is 7.46. The Balaban J connectivity index is 1.41. The van der Waals surface area contributed by atoms with Crippen molar-refractivity contribution >= 4 is 28.4 Å². The first kappa shape index (κ1) is 18.3. The lowest BCUT2D eigenvalue weighted by molar-refractivity contribution is 0.0945. The Kier molecular flexibility index (Phi) is 4.92. The highest BCUT2D eigenvalue weighted by Crippen LogP contribution is 2.24. The molecule has 3 heterocycles. The van der Waals surface area contributed by atoms with Crippen LogP contribution in [0.3, 0.4) is 0 Å². The third kappa shape index (κ3) is 3.53.